The molecule has 3 fully saturated rings. The first kappa shape index (κ1) is 22.9. The molecule has 2 saturated heterocycles. The van der Waals surface area contributed by atoms with E-state index >= 15 is 0 Å². The lowest BCUT2D eigenvalue weighted by molar-refractivity contribution is -0.124. The number of aromatic amines is 1. The quantitative estimate of drug-likeness (QED) is 0.682. The number of carbonyl (C=O) groups is 2. The minimum Gasteiger partial charge on any atom is -0.450 e. The van der Waals surface area contributed by atoms with E-state index in [1.54, 1.807) is 4.90 Å². The lowest BCUT2D eigenvalue weighted by Gasteiger charge is -2.33. The molecule has 34 heavy (non-hydrogen) atoms. The molecule has 0 radical (unpaired) electrons. The lowest BCUT2D eigenvalue weighted by Crippen LogP contribution is -2.47. The number of hydrogen-bond donors (Lipinski definition) is 2. The van der Waals surface area contributed by atoms with E-state index in [-0.39, 0.29) is 29.4 Å². The number of piperidine rings is 2. The average Bonchev–Trinajstić information content (AvgIpc) is 3.37. The van der Waals surface area contributed by atoms with E-state index in [2.05, 4.69) is 32.5 Å². The molecule has 2 amide bonds. The molecular weight excluding hydrogens is 430 g/mol. The Balaban J connectivity index is 1.08. The van der Waals surface area contributed by atoms with Crippen LogP contribution in [0, 0.1) is 11.3 Å². The predicted octanol–water partition coefficient (Wildman–Crippen LogP) is 3.42. The Hall–Kier alpha value is -2.87. The van der Waals surface area contributed by atoms with Crippen molar-refractivity contribution in [1.82, 2.24) is 25.3 Å². The summed E-state index contributed by atoms with van der Waals surface area (Å²) >= 11 is 0. The molecule has 5 rings (SSSR count). The SMILES string of the molecule is CCOC(=O)N1CCC(NC(=O)C2CC23CCN(Cc2cn[nH]c2-c2ccccc2)CC3)CC1. The highest BCUT2D eigenvalue weighted by Crippen LogP contribution is 2.59. The van der Waals surface area contributed by atoms with E-state index in [1.165, 1.54) is 5.56 Å². The Kier molecular flexibility index (Phi) is 6.59. The highest BCUT2D eigenvalue weighted by Gasteiger charge is 2.58. The van der Waals surface area contributed by atoms with Crippen LogP contribution in [-0.2, 0) is 16.1 Å². The first-order valence-electron chi connectivity index (χ1n) is 12.6. The minimum atomic E-state index is -0.244. The number of ether oxygens (including phenoxy) is 1. The molecule has 1 aromatic carbocycles. The van der Waals surface area contributed by atoms with Gasteiger partial charge in [-0.25, -0.2) is 4.79 Å². The van der Waals surface area contributed by atoms with Gasteiger partial charge in [0, 0.05) is 37.2 Å². The molecule has 2 N–H and O–H groups in total. The number of rotatable bonds is 6. The molecule has 1 aliphatic carbocycles. The van der Waals surface area contributed by atoms with Crippen molar-refractivity contribution in [3.8, 4) is 11.3 Å². The van der Waals surface area contributed by atoms with Crippen LogP contribution in [0.4, 0.5) is 4.79 Å². The van der Waals surface area contributed by atoms with Gasteiger partial charge in [0.2, 0.25) is 5.91 Å². The van der Waals surface area contributed by atoms with Crippen LogP contribution in [0.15, 0.2) is 36.5 Å². The molecule has 3 heterocycles. The number of nitrogens with one attached hydrogen (secondary N) is 2. The van der Waals surface area contributed by atoms with E-state index in [1.807, 2.05) is 31.3 Å². The smallest absolute Gasteiger partial charge is 0.409 e. The predicted molar refractivity (Wildman–Crippen MR) is 129 cm³/mol. The van der Waals surface area contributed by atoms with Gasteiger partial charge in [0.25, 0.3) is 0 Å². The largest absolute Gasteiger partial charge is 0.450 e. The standard InChI is InChI=1S/C26H35N5O3/c1-2-34-25(33)31-12-8-21(9-13-31)28-24(32)22-16-26(22)10-14-30(15-11-26)18-20-17-27-29-23(20)19-6-4-3-5-7-19/h3-7,17,21-22H,2,8-16,18H2,1H3,(H,27,29)(H,28,32). The van der Waals surface area contributed by atoms with E-state index < -0.39 is 0 Å². The summed E-state index contributed by atoms with van der Waals surface area (Å²) < 4.78 is 5.08. The molecular formula is C26H35N5O3. The third-order valence-corrected chi connectivity index (χ3v) is 7.90. The monoisotopic (exact) mass is 465 g/mol. The number of aromatic nitrogens is 2. The van der Waals surface area contributed by atoms with Crippen LogP contribution in [-0.4, -0.2) is 70.8 Å². The van der Waals surface area contributed by atoms with Crippen LogP contribution >= 0.6 is 0 Å². The Bertz CT molecular complexity index is 991. The molecule has 8 heteroatoms. The van der Waals surface area contributed by atoms with Gasteiger partial charge in [0.15, 0.2) is 0 Å². The molecule has 1 saturated carbocycles. The summed E-state index contributed by atoms with van der Waals surface area (Å²) in [5.41, 5.74) is 3.67. The normalized spacial score (nSPS) is 22.5. The molecule has 2 aromatic rings. The maximum absolute atomic E-state index is 13.0. The molecule has 3 aliphatic rings. The summed E-state index contributed by atoms with van der Waals surface area (Å²) in [6, 6.07) is 10.5. The second kappa shape index (κ2) is 9.78. The first-order chi connectivity index (χ1) is 16.6. The summed E-state index contributed by atoms with van der Waals surface area (Å²) in [6.45, 7) is 6.42. The maximum atomic E-state index is 13.0. The zero-order chi connectivity index (χ0) is 23.5. The van der Waals surface area contributed by atoms with Crippen molar-refractivity contribution in [2.75, 3.05) is 32.8 Å². The van der Waals surface area contributed by atoms with Gasteiger partial charge in [-0.1, -0.05) is 30.3 Å². The summed E-state index contributed by atoms with van der Waals surface area (Å²) in [5.74, 6) is 0.357. The molecule has 1 aromatic heterocycles. The van der Waals surface area contributed by atoms with E-state index in [9.17, 15) is 9.59 Å². The third kappa shape index (κ3) is 4.82. The van der Waals surface area contributed by atoms with Crippen molar-refractivity contribution in [3.05, 3.63) is 42.1 Å². The van der Waals surface area contributed by atoms with E-state index in [4.69, 9.17) is 4.74 Å². The van der Waals surface area contributed by atoms with Crippen LogP contribution < -0.4 is 5.32 Å². The summed E-state index contributed by atoms with van der Waals surface area (Å²) in [5, 5.41) is 10.7. The molecule has 2 aliphatic heterocycles. The number of benzene rings is 1. The minimum absolute atomic E-state index is 0.145. The topological polar surface area (TPSA) is 90.6 Å². The van der Waals surface area contributed by atoms with E-state index in [0.29, 0.717) is 19.7 Å². The Labute approximate surface area is 201 Å². The number of carbonyl (C=O) groups excluding carboxylic acids is 2. The second-order valence-electron chi connectivity index (χ2n) is 10.0. The van der Waals surface area contributed by atoms with E-state index in [0.717, 1.165) is 63.0 Å². The van der Waals surface area contributed by atoms with Gasteiger partial charge >= 0.3 is 6.09 Å². The highest BCUT2D eigenvalue weighted by molar-refractivity contribution is 5.83. The zero-order valence-corrected chi connectivity index (χ0v) is 20.0. The molecule has 8 nitrogen and oxygen atoms in total. The van der Waals surface area contributed by atoms with Crippen molar-refractivity contribution in [2.45, 2.75) is 51.6 Å². The Morgan fingerprint density at radius 3 is 2.59 bits per heavy atom. The fourth-order valence-electron chi connectivity index (χ4n) is 5.68. The van der Waals surface area contributed by atoms with Crippen LogP contribution in [0.2, 0.25) is 0 Å². The van der Waals surface area contributed by atoms with Gasteiger partial charge in [0.05, 0.1) is 18.5 Å². The summed E-state index contributed by atoms with van der Waals surface area (Å²) in [6.07, 6.45) is 6.45. The van der Waals surface area contributed by atoms with Crippen LogP contribution in [0.5, 0.6) is 0 Å². The third-order valence-electron chi connectivity index (χ3n) is 7.90. The maximum Gasteiger partial charge on any atom is 0.409 e. The van der Waals surface area contributed by atoms with Gasteiger partial charge in [0.1, 0.15) is 0 Å². The number of nitrogens with zero attached hydrogens (tertiary/aromatic N) is 3. The molecule has 1 spiro atoms. The van der Waals surface area contributed by atoms with Crippen molar-refractivity contribution in [2.24, 2.45) is 11.3 Å². The average molecular weight is 466 g/mol. The van der Waals surface area contributed by atoms with Crippen molar-refractivity contribution in [3.63, 3.8) is 0 Å². The Morgan fingerprint density at radius 2 is 1.88 bits per heavy atom. The van der Waals surface area contributed by atoms with Crippen molar-refractivity contribution in [1.29, 1.82) is 0 Å². The van der Waals surface area contributed by atoms with Gasteiger partial charge in [-0.2, -0.15) is 5.10 Å². The first-order valence-corrected chi connectivity index (χ1v) is 12.6. The van der Waals surface area contributed by atoms with Gasteiger partial charge in [-0.3, -0.25) is 14.8 Å². The van der Waals surface area contributed by atoms with Crippen molar-refractivity contribution < 1.29 is 14.3 Å². The molecule has 1 atom stereocenters. The van der Waals surface area contributed by atoms with Gasteiger partial charge in [-0.15, -0.1) is 0 Å². The number of H-pyrrole nitrogens is 1. The summed E-state index contributed by atoms with van der Waals surface area (Å²) in [7, 11) is 0. The summed E-state index contributed by atoms with van der Waals surface area (Å²) in [4.78, 5) is 29.1. The number of hydrogen-bond acceptors (Lipinski definition) is 5. The second-order valence-corrected chi connectivity index (χ2v) is 10.0. The number of amides is 2. The molecule has 0 bridgehead atoms. The van der Waals surface area contributed by atoms with Crippen LogP contribution in [0.1, 0.15) is 44.6 Å². The van der Waals surface area contributed by atoms with Gasteiger partial charge in [-0.05, 0) is 63.1 Å². The molecule has 182 valence electrons. The van der Waals surface area contributed by atoms with Crippen LogP contribution in [0.25, 0.3) is 11.3 Å². The van der Waals surface area contributed by atoms with Gasteiger partial charge < -0.3 is 15.0 Å². The fraction of sp³-hybridized carbons (Fsp3) is 0.577. The highest BCUT2D eigenvalue weighted by atomic mass is 16.6. The van der Waals surface area contributed by atoms with Crippen LogP contribution in [0.3, 0.4) is 0 Å². The number of likely N-dealkylation sites (tertiary alicyclic amines) is 2. The Morgan fingerprint density at radius 1 is 1.15 bits per heavy atom. The lowest BCUT2D eigenvalue weighted by atomic mass is 9.90. The van der Waals surface area contributed by atoms with Crippen molar-refractivity contribution >= 4 is 12.0 Å². The fourth-order valence-corrected chi connectivity index (χ4v) is 5.68. The molecule has 1 unspecified atom stereocenters. The zero-order valence-electron chi connectivity index (χ0n) is 20.0.